The van der Waals surface area contributed by atoms with Crippen LogP contribution in [0.4, 0.5) is 5.69 Å². The first-order valence-electron chi connectivity index (χ1n) is 10.1. The van der Waals surface area contributed by atoms with Crippen LogP contribution in [0.1, 0.15) is 26.3 Å². The van der Waals surface area contributed by atoms with Gasteiger partial charge in [0, 0.05) is 12.1 Å². The lowest BCUT2D eigenvalue weighted by atomic mass is 10.0. The third kappa shape index (κ3) is 4.41. The van der Waals surface area contributed by atoms with Gasteiger partial charge in [-0.2, -0.15) is 0 Å². The van der Waals surface area contributed by atoms with E-state index < -0.39 is 36.3 Å². The normalized spacial score (nSPS) is 13.4. The SMILES string of the molecule is O=C(COC(=O)[C@@H](Cc1ccccc1)N1C(=O)c2ccccc2C1=O)Nc1ccccc1. The topological polar surface area (TPSA) is 92.8 Å². The minimum absolute atomic E-state index is 0.0748. The number of hydrogen-bond donors (Lipinski definition) is 1. The Hall–Kier alpha value is -4.26. The highest BCUT2D eigenvalue weighted by atomic mass is 16.5. The summed E-state index contributed by atoms with van der Waals surface area (Å²) in [4.78, 5) is 52.0. The number of nitrogens with zero attached hydrogens (tertiary/aromatic N) is 1. The summed E-state index contributed by atoms with van der Waals surface area (Å²) in [5.74, 6) is -2.47. The van der Waals surface area contributed by atoms with Gasteiger partial charge in [-0.05, 0) is 29.8 Å². The standard InChI is InChI=1S/C25H20N2O5/c28-22(26-18-11-5-2-6-12-18)16-32-25(31)21(15-17-9-3-1-4-10-17)27-23(29)19-13-7-8-14-20(19)24(27)30/h1-14,21H,15-16H2,(H,26,28)/t21-/m1/s1. The molecule has 0 aliphatic carbocycles. The minimum atomic E-state index is -1.20. The first-order valence-corrected chi connectivity index (χ1v) is 10.1. The second kappa shape index (κ2) is 9.26. The van der Waals surface area contributed by atoms with Crippen molar-refractivity contribution in [2.75, 3.05) is 11.9 Å². The maximum absolute atomic E-state index is 13.0. The molecule has 7 nitrogen and oxygen atoms in total. The molecule has 0 bridgehead atoms. The predicted molar refractivity (Wildman–Crippen MR) is 117 cm³/mol. The Bertz CT molecular complexity index is 1130. The summed E-state index contributed by atoms with van der Waals surface area (Å²) in [6.07, 6.45) is 0.0748. The highest BCUT2D eigenvalue weighted by Crippen LogP contribution is 2.26. The third-order valence-electron chi connectivity index (χ3n) is 5.08. The quantitative estimate of drug-likeness (QED) is 0.461. The van der Waals surface area contributed by atoms with Crippen LogP contribution in [-0.4, -0.2) is 41.2 Å². The number of carbonyl (C=O) groups excluding carboxylic acids is 4. The van der Waals surface area contributed by atoms with Crippen LogP contribution >= 0.6 is 0 Å². The number of nitrogens with one attached hydrogen (secondary N) is 1. The molecule has 0 saturated carbocycles. The molecule has 1 aliphatic rings. The summed E-state index contributed by atoms with van der Waals surface area (Å²) in [5.41, 5.74) is 1.80. The van der Waals surface area contributed by atoms with Gasteiger partial charge in [0.05, 0.1) is 11.1 Å². The van der Waals surface area contributed by atoms with E-state index in [4.69, 9.17) is 4.74 Å². The Morgan fingerprint density at radius 1 is 0.781 bits per heavy atom. The Morgan fingerprint density at radius 3 is 1.91 bits per heavy atom. The molecule has 0 radical (unpaired) electrons. The van der Waals surface area contributed by atoms with Gasteiger partial charge in [0.25, 0.3) is 17.7 Å². The summed E-state index contributed by atoms with van der Waals surface area (Å²) in [6, 6.07) is 23.0. The van der Waals surface area contributed by atoms with Crippen LogP contribution in [0.25, 0.3) is 0 Å². The van der Waals surface area contributed by atoms with E-state index in [0.29, 0.717) is 5.69 Å². The Kier molecular flexibility index (Phi) is 6.07. The third-order valence-corrected chi connectivity index (χ3v) is 5.08. The fourth-order valence-corrected chi connectivity index (χ4v) is 3.56. The molecule has 1 aliphatic heterocycles. The maximum Gasteiger partial charge on any atom is 0.330 e. The van der Waals surface area contributed by atoms with Gasteiger partial charge in [0.1, 0.15) is 6.04 Å². The molecular formula is C25H20N2O5. The Labute approximate surface area is 184 Å². The lowest BCUT2D eigenvalue weighted by molar-refractivity contribution is -0.151. The molecular weight excluding hydrogens is 408 g/mol. The summed E-state index contributed by atoms with van der Waals surface area (Å²) in [6.45, 7) is -0.539. The number of carbonyl (C=O) groups is 4. The highest BCUT2D eigenvalue weighted by molar-refractivity contribution is 6.22. The van der Waals surface area contributed by atoms with E-state index in [9.17, 15) is 19.2 Å². The van der Waals surface area contributed by atoms with E-state index in [0.717, 1.165) is 10.5 Å². The molecule has 1 heterocycles. The van der Waals surface area contributed by atoms with Gasteiger partial charge in [-0.1, -0.05) is 60.7 Å². The minimum Gasteiger partial charge on any atom is -0.454 e. The zero-order valence-corrected chi connectivity index (χ0v) is 17.1. The summed E-state index contributed by atoms with van der Waals surface area (Å²) < 4.78 is 5.22. The van der Waals surface area contributed by atoms with E-state index in [1.54, 1.807) is 72.8 Å². The van der Waals surface area contributed by atoms with Gasteiger partial charge in [-0.3, -0.25) is 19.3 Å². The van der Waals surface area contributed by atoms with Crippen molar-refractivity contribution < 1.29 is 23.9 Å². The zero-order chi connectivity index (χ0) is 22.5. The van der Waals surface area contributed by atoms with Crippen LogP contribution in [0, 0.1) is 0 Å². The van der Waals surface area contributed by atoms with E-state index in [-0.39, 0.29) is 17.5 Å². The van der Waals surface area contributed by atoms with Crippen LogP contribution in [-0.2, 0) is 20.7 Å². The monoisotopic (exact) mass is 428 g/mol. The number of anilines is 1. The average Bonchev–Trinajstić information content (AvgIpc) is 3.07. The van der Waals surface area contributed by atoms with Crippen LogP contribution in [0.15, 0.2) is 84.9 Å². The molecule has 0 fully saturated rings. The molecule has 1 atom stereocenters. The number of imide groups is 1. The van der Waals surface area contributed by atoms with E-state index in [1.807, 2.05) is 12.1 Å². The van der Waals surface area contributed by atoms with Crippen molar-refractivity contribution in [3.63, 3.8) is 0 Å². The number of amides is 3. The Morgan fingerprint density at radius 2 is 1.31 bits per heavy atom. The van der Waals surface area contributed by atoms with Crippen LogP contribution < -0.4 is 5.32 Å². The molecule has 32 heavy (non-hydrogen) atoms. The molecule has 0 aromatic heterocycles. The molecule has 160 valence electrons. The van der Waals surface area contributed by atoms with Gasteiger partial charge in [0.2, 0.25) is 0 Å². The Balaban J connectivity index is 1.52. The van der Waals surface area contributed by atoms with Gasteiger partial charge in [-0.25, -0.2) is 4.79 Å². The van der Waals surface area contributed by atoms with Crippen molar-refractivity contribution in [1.29, 1.82) is 0 Å². The maximum atomic E-state index is 13.0. The number of hydrogen-bond acceptors (Lipinski definition) is 5. The summed E-state index contributed by atoms with van der Waals surface area (Å²) in [7, 11) is 0. The van der Waals surface area contributed by atoms with Gasteiger partial charge >= 0.3 is 5.97 Å². The molecule has 3 amide bonds. The molecule has 3 aromatic rings. The average molecular weight is 428 g/mol. The van der Waals surface area contributed by atoms with E-state index in [1.165, 1.54) is 0 Å². The predicted octanol–water partition coefficient (Wildman–Crippen LogP) is 3.08. The van der Waals surface area contributed by atoms with Gasteiger partial charge < -0.3 is 10.1 Å². The van der Waals surface area contributed by atoms with Gasteiger partial charge in [0.15, 0.2) is 6.61 Å². The highest BCUT2D eigenvalue weighted by Gasteiger charge is 2.43. The first-order chi connectivity index (χ1) is 15.5. The van der Waals surface area contributed by atoms with Crippen molar-refractivity contribution in [2.45, 2.75) is 12.5 Å². The first kappa shape index (κ1) is 21.0. The molecule has 0 spiro atoms. The van der Waals surface area contributed by atoms with Gasteiger partial charge in [-0.15, -0.1) is 0 Å². The smallest absolute Gasteiger partial charge is 0.330 e. The zero-order valence-electron chi connectivity index (χ0n) is 17.1. The molecule has 3 aromatic carbocycles. The van der Waals surface area contributed by atoms with Crippen molar-refractivity contribution >= 4 is 29.4 Å². The second-order valence-corrected chi connectivity index (χ2v) is 7.25. The lowest BCUT2D eigenvalue weighted by Crippen LogP contribution is -2.47. The number of fused-ring (bicyclic) bond motifs is 1. The number of rotatable bonds is 7. The van der Waals surface area contributed by atoms with Crippen molar-refractivity contribution in [2.24, 2.45) is 0 Å². The molecule has 0 unspecified atom stereocenters. The molecule has 7 heteroatoms. The van der Waals surface area contributed by atoms with Crippen LogP contribution in [0.5, 0.6) is 0 Å². The summed E-state index contributed by atoms with van der Waals surface area (Å²) in [5, 5.41) is 2.62. The second-order valence-electron chi connectivity index (χ2n) is 7.25. The van der Waals surface area contributed by atoms with Crippen LogP contribution in [0.3, 0.4) is 0 Å². The number of ether oxygens (including phenoxy) is 1. The molecule has 0 saturated heterocycles. The number of para-hydroxylation sites is 1. The fourth-order valence-electron chi connectivity index (χ4n) is 3.56. The van der Waals surface area contributed by atoms with Crippen molar-refractivity contribution in [3.8, 4) is 0 Å². The van der Waals surface area contributed by atoms with E-state index >= 15 is 0 Å². The summed E-state index contributed by atoms with van der Waals surface area (Å²) >= 11 is 0. The van der Waals surface area contributed by atoms with Crippen LogP contribution in [0.2, 0.25) is 0 Å². The fraction of sp³-hybridized carbons (Fsp3) is 0.120. The van der Waals surface area contributed by atoms with Crippen molar-refractivity contribution in [1.82, 2.24) is 4.90 Å². The lowest BCUT2D eigenvalue weighted by Gasteiger charge is -2.24. The number of benzene rings is 3. The molecule has 4 rings (SSSR count). The number of esters is 1. The largest absolute Gasteiger partial charge is 0.454 e. The van der Waals surface area contributed by atoms with E-state index in [2.05, 4.69) is 5.32 Å². The van der Waals surface area contributed by atoms with Crippen molar-refractivity contribution in [3.05, 3.63) is 102 Å². The molecule has 1 N–H and O–H groups in total.